The van der Waals surface area contributed by atoms with Crippen LogP contribution in [0.1, 0.15) is 77.6 Å². The molecule has 0 aromatic rings. The van der Waals surface area contributed by atoms with Crippen LogP contribution in [0.3, 0.4) is 0 Å². The summed E-state index contributed by atoms with van der Waals surface area (Å²) < 4.78 is 6.62. The lowest BCUT2D eigenvalue weighted by atomic mass is 9.57. The maximum atomic E-state index is 6.62. The second-order valence-corrected chi connectivity index (χ2v) is 7.73. The van der Waals surface area contributed by atoms with Gasteiger partial charge in [-0.1, -0.05) is 32.6 Å². The molecule has 20 heavy (non-hydrogen) atoms. The van der Waals surface area contributed by atoms with Crippen LogP contribution < -0.4 is 5.32 Å². The van der Waals surface area contributed by atoms with E-state index in [1.54, 1.807) is 0 Å². The van der Waals surface area contributed by atoms with Gasteiger partial charge in [0.1, 0.15) is 0 Å². The average molecular weight is 279 g/mol. The molecule has 0 amide bonds. The fraction of sp³-hybridized carbons (Fsp3) is 1.00. The molecule has 2 heteroatoms. The first-order valence-corrected chi connectivity index (χ1v) is 9.07. The second-order valence-electron chi connectivity index (χ2n) is 7.73. The predicted molar refractivity (Wildman–Crippen MR) is 83.9 cm³/mol. The van der Waals surface area contributed by atoms with Crippen LogP contribution in [0, 0.1) is 11.3 Å². The molecule has 1 N–H and O–H groups in total. The minimum absolute atomic E-state index is 0.480. The van der Waals surface area contributed by atoms with Gasteiger partial charge in [0.15, 0.2) is 0 Å². The Morgan fingerprint density at radius 2 is 1.60 bits per heavy atom. The Balaban J connectivity index is 1.60. The van der Waals surface area contributed by atoms with Crippen LogP contribution in [0.15, 0.2) is 0 Å². The number of hydrogen-bond donors (Lipinski definition) is 1. The van der Waals surface area contributed by atoms with Crippen molar-refractivity contribution in [3.63, 3.8) is 0 Å². The van der Waals surface area contributed by atoms with Crippen molar-refractivity contribution in [3.8, 4) is 0 Å². The van der Waals surface area contributed by atoms with E-state index in [4.69, 9.17) is 4.74 Å². The molecule has 0 aliphatic heterocycles. The zero-order chi connectivity index (χ0) is 14.0. The molecule has 3 aliphatic carbocycles. The first-order valence-electron chi connectivity index (χ1n) is 9.07. The Morgan fingerprint density at radius 1 is 0.950 bits per heavy atom. The zero-order valence-corrected chi connectivity index (χ0v) is 13.5. The summed E-state index contributed by atoms with van der Waals surface area (Å²) in [5.74, 6) is 0.924. The normalized spacial score (nSPS) is 41.1. The lowest BCUT2D eigenvalue weighted by Crippen LogP contribution is -2.63. The highest BCUT2D eigenvalue weighted by molar-refractivity contribution is 5.08. The SMILES string of the molecule is CNC1CC(OC2CCC(C)CC2)C12CCCCCC2. The molecule has 3 aliphatic rings. The molecule has 0 saturated heterocycles. The van der Waals surface area contributed by atoms with Crippen molar-refractivity contribution < 1.29 is 4.74 Å². The summed E-state index contributed by atoms with van der Waals surface area (Å²) >= 11 is 0. The quantitative estimate of drug-likeness (QED) is 0.832. The van der Waals surface area contributed by atoms with E-state index in [1.807, 2.05) is 0 Å². The van der Waals surface area contributed by atoms with E-state index in [9.17, 15) is 0 Å². The van der Waals surface area contributed by atoms with Crippen LogP contribution in [-0.4, -0.2) is 25.3 Å². The van der Waals surface area contributed by atoms with Gasteiger partial charge in [-0.15, -0.1) is 0 Å². The van der Waals surface area contributed by atoms with E-state index < -0.39 is 0 Å². The maximum absolute atomic E-state index is 6.62. The predicted octanol–water partition coefficient (Wildman–Crippen LogP) is 4.28. The topological polar surface area (TPSA) is 21.3 Å². The van der Waals surface area contributed by atoms with E-state index in [1.165, 1.54) is 70.6 Å². The summed E-state index contributed by atoms with van der Waals surface area (Å²) in [4.78, 5) is 0. The molecule has 2 unspecified atom stereocenters. The van der Waals surface area contributed by atoms with Crippen molar-refractivity contribution in [1.82, 2.24) is 5.32 Å². The number of rotatable bonds is 3. The Labute approximate surface area is 125 Å². The van der Waals surface area contributed by atoms with Gasteiger partial charge in [-0.2, -0.15) is 0 Å². The fourth-order valence-electron chi connectivity index (χ4n) is 5.00. The number of hydrogen-bond acceptors (Lipinski definition) is 2. The molecule has 3 rings (SSSR count). The Hall–Kier alpha value is -0.0800. The lowest BCUT2D eigenvalue weighted by Gasteiger charge is -2.57. The summed E-state index contributed by atoms with van der Waals surface area (Å²) in [6, 6.07) is 0.716. The van der Waals surface area contributed by atoms with Crippen molar-refractivity contribution in [1.29, 1.82) is 0 Å². The molecule has 2 atom stereocenters. The Morgan fingerprint density at radius 3 is 2.20 bits per heavy atom. The molecule has 0 aromatic carbocycles. The third kappa shape index (κ3) is 2.78. The Kier molecular flexibility index (Phi) is 4.72. The Bertz CT molecular complexity index is 301. The molecule has 0 radical (unpaired) electrons. The molecule has 0 bridgehead atoms. The first kappa shape index (κ1) is 14.8. The molecule has 2 nitrogen and oxygen atoms in total. The summed E-state index contributed by atoms with van der Waals surface area (Å²) in [6.45, 7) is 2.39. The van der Waals surface area contributed by atoms with Crippen LogP contribution in [0.4, 0.5) is 0 Å². The van der Waals surface area contributed by atoms with Gasteiger partial charge < -0.3 is 10.1 Å². The number of ether oxygens (including phenoxy) is 1. The smallest absolute Gasteiger partial charge is 0.0665 e. The average Bonchev–Trinajstić information content (AvgIpc) is 2.73. The van der Waals surface area contributed by atoms with E-state index in [0.29, 0.717) is 23.7 Å². The van der Waals surface area contributed by atoms with Gasteiger partial charge in [-0.25, -0.2) is 0 Å². The largest absolute Gasteiger partial charge is 0.374 e. The standard InChI is InChI=1S/C18H33NO/c1-14-7-9-15(10-8-14)20-17-13-16(19-2)18(17)11-5-3-4-6-12-18/h14-17,19H,3-13H2,1-2H3. The summed E-state index contributed by atoms with van der Waals surface area (Å²) in [5, 5.41) is 3.58. The number of nitrogens with one attached hydrogen (secondary N) is 1. The molecule has 116 valence electrons. The van der Waals surface area contributed by atoms with Gasteiger partial charge in [0.25, 0.3) is 0 Å². The third-order valence-electron chi connectivity index (χ3n) is 6.49. The van der Waals surface area contributed by atoms with Gasteiger partial charge in [-0.3, -0.25) is 0 Å². The summed E-state index contributed by atoms with van der Waals surface area (Å²) in [6.07, 6.45) is 16.2. The molecule has 3 fully saturated rings. The third-order valence-corrected chi connectivity index (χ3v) is 6.49. The van der Waals surface area contributed by atoms with E-state index >= 15 is 0 Å². The van der Waals surface area contributed by atoms with Crippen molar-refractivity contribution in [3.05, 3.63) is 0 Å². The van der Waals surface area contributed by atoms with Crippen molar-refractivity contribution in [2.45, 2.75) is 95.8 Å². The van der Waals surface area contributed by atoms with Crippen molar-refractivity contribution in [2.24, 2.45) is 11.3 Å². The van der Waals surface area contributed by atoms with Crippen LogP contribution in [0.25, 0.3) is 0 Å². The second kappa shape index (κ2) is 6.36. The highest BCUT2D eigenvalue weighted by atomic mass is 16.5. The van der Waals surface area contributed by atoms with E-state index in [2.05, 4.69) is 19.3 Å². The highest BCUT2D eigenvalue weighted by Gasteiger charge is 2.55. The van der Waals surface area contributed by atoms with Gasteiger partial charge >= 0.3 is 0 Å². The highest BCUT2D eigenvalue weighted by Crippen LogP contribution is 2.53. The summed E-state index contributed by atoms with van der Waals surface area (Å²) in [7, 11) is 2.15. The van der Waals surface area contributed by atoms with Crippen LogP contribution in [-0.2, 0) is 4.74 Å². The van der Waals surface area contributed by atoms with Crippen LogP contribution in [0.2, 0.25) is 0 Å². The van der Waals surface area contributed by atoms with Crippen LogP contribution >= 0.6 is 0 Å². The molecule has 0 aromatic heterocycles. The van der Waals surface area contributed by atoms with Gasteiger partial charge in [0, 0.05) is 11.5 Å². The molecule has 3 saturated carbocycles. The van der Waals surface area contributed by atoms with Gasteiger partial charge in [0.2, 0.25) is 0 Å². The lowest BCUT2D eigenvalue weighted by molar-refractivity contribution is -0.175. The molecular formula is C18H33NO. The minimum atomic E-state index is 0.480. The maximum Gasteiger partial charge on any atom is 0.0665 e. The molecule has 0 heterocycles. The van der Waals surface area contributed by atoms with Crippen LogP contribution in [0.5, 0.6) is 0 Å². The van der Waals surface area contributed by atoms with Gasteiger partial charge in [-0.05, 0) is 57.9 Å². The summed E-state index contributed by atoms with van der Waals surface area (Å²) in [5.41, 5.74) is 0.480. The van der Waals surface area contributed by atoms with E-state index in [-0.39, 0.29) is 0 Å². The van der Waals surface area contributed by atoms with Crippen molar-refractivity contribution in [2.75, 3.05) is 7.05 Å². The van der Waals surface area contributed by atoms with E-state index in [0.717, 1.165) is 5.92 Å². The monoisotopic (exact) mass is 279 g/mol. The zero-order valence-electron chi connectivity index (χ0n) is 13.5. The van der Waals surface area contributed by atoms with Gasteiger partial charge in [0.05, 0.1) is 12.2 Å². The minimum Gasteiger partial charge on any atom is -0.374 e. The molecular weight excluding hydrogens is 246 g/mol. The fourth-order valence-corrected chi connectivity index (χ4v) is 5.00. The first-order chi connectivity index (χ1) is 9.74. The molecule has 1 spiro atoms. The van der Waals surface area contributed by atoms with Crippen molar-refractivity contribution >= 4 is 0 Å².